The van der Waals surface area contributed by atoms with E-state index in [1.807, 2.05) is 24.3 Å². The van der Waals surface area contributed by atoms with Crippen LogP contribution in [0.15, 0.2) is 120 Å². The Labute approximate surface area is 182 Å². The molecule has 0 radical (unpaired) electrons. The van der Waals surface area contributed by atoms with Gasteiger partial charge in [-0.1, -0.05) is 103 Å². The first kappa shape index (κ1) is 20.3. The Morgan fingerprint density at radius 3 is 1.47 bits per heavy atom. The van der Waals surface area contributed by atoms with E-state index in [0.29, 0.717) is 11.8 Å². The molecule has 0 aliphatic heterocycles. The molecule has 0 unspecified atom stereocenters. The van der Waals surface area contributed by atoms with Crippen molar-refractivity contribution >= 4 is 46.5 Å². The smallest absolute Gasteiger partial charge is 0.210 e. The van der Waals surface area contributed by atoms with Crippen molar-refractivity contribution in [3.05, 3.63) is 121 Å². The molecule has 0 N–H and O–H groups in total. The van der Waals surface area contributed by atoms with Gasteiger partial charge >= 0.3 is 0 Å². The lowest BCUT2D eigenvalue weighted by Crippen LogP contribution is -2.20. The normalized spacial score (nSPS) is 10.6. The Morgan fingerprint density at radius 2 is 1.03 bits per heavy atom. The molecular formula is C26H21ClNOP. The minimum Gasteiger partial charge on any atom is -0.439 e. The van der Waals surface area contributed by atoms with Crippen molar-refractivity contribution < 1.29 is 4.42 Å². The van der Waals surface area contributed by atoms with Crippen LogP contribution in [0, 0.1) is 0 Å². The number of fused-ring (bicyclic) bond motifs is 1. The number of benzene rings is 4. The summed E-state index contributed by atoms with van der Waals surface area (Å²) in [5.74, 6) is 0.905. The summed E-state index contributed by atoms with van der Waals surface area (Å²) in [5.41, 5.74) is 1.66. The van der Waals surface area contributed by atoms with E-state index in [0.717, 1.165) is 11.1 Å². The predicted molar refractivity (Wildman–Crippen MR) is 129 cm³/mol. The maximum Gasteiger partial charge on any atom is 0.210 e. The van der Waals surface area contributed by atoms with Crippen molar-refractivity contribution in [2.45, 2.75) is 5.88 Å². The first-order valence-corrected chi connectivity index (χ1v) is 11.6. The van der Waals surface area contributed by atoms with E-state index in [1.54, 1.807) is 0 Å². The molecule has 5 aromatic rings. The van der Waals surface area contributed by atoms with E-state index >= 15 is 0 Å². The van der Waals surface area contributed by atoms with Gasteiger partial charge in [0.15, 0.2) is 5.58 Å². The maximum atomic E-state index is 5.54. The number of halogens is 1. The molecule has 1 aromatic heterocycles. The largest absolute Gasteiger partial charge is 0.439 e. The fourth-order valence-corrected chi connectivity index (χ4v) is 5.58. The van der Waals surface area contributed by atoms with Gasteiger partial charge in [0.1, 0.15) is 5.52 Å². The number of hydrogen-bond donors (Lipinski definition) is 0. The summed E-state index contributed by atoms with van der Waals surface area (Å²) in [6.07, 6.45) is 0. The molecule has 148 valence electrons. The Hall–Kier alpha value is -2.93. The molecule has 4 heteroatoms. The average Bonchev–Trinajstić information content (AvgIpc) is 3.25. The fourth-order valence-electron chi connectivity index (χ4n) is 3.16. The van der Waals surface area contributed by atoms with Crippen LogP contribution < -0.4 is 15.9 Å². The first-order chi connectivity index (χ1) is 14.8. The van der Waals surface area contributed by atoms with E-state index in [-0.39, 0.29) is 0 Å². The number of nitrogens with zero attached hydrogens (tertiary/aromatic N) is 1. The van der Waals surface area contributed by atoms with Crippen LogP contribution in [0.25, 0.3) is 11.1 Å². The first-order valence-electron chi connectivity index (χ1n) is 9.71. The number of para-hydroxylation sites is 2. The summed E-state index contributed by atoms with van der Waals surface area (Å²) in [5, 5.41) is 4.19. The van der Waals surface area contributed by atoms with Gasteiger partial charge in [-0.3, -0.25) is 0 Å². The van der Waals surface area contributed by atoms with Crippen LogP contribution in [-0.2, 0) is 5.88 Å². The molecule has 0 spiro atoms. The van der Waals surface area contributed by atoms with Crippen molar-refractivity contribution in [3.8, 4) is 0 Å². The second kappa shape index (κ2) is 10.2. The Bertz CT molecular complexity index is 1050. The third-order valence-corrected chi connectivity index (χ3v) is 7.17. The standard InChI is InChI=1S/C18H15P.C8H6ClNO/c1-4-10-16(11-5-1)19(17-12-6-2-7-13-17)18-14-8-3-9-15-18;9-5-8-10-6-3-1-2-4-7(6)11-8/h1-15H;1-4H,5H2. The van der Waals surface area contributed by atoms with E-state index in [9.17, 15) is 0 Å². The molecular weight excluding hydrogens is 409 g/mol. The van der Waals surface area contributed by atoms with E-state index in [4.69, 9.17) is 16.0 Å². The fraction of sp³-hybridized carbons (Fsp3) is 0.0385. The molecule has 0 fully saturated rings. The van der Waals surface area contributed by atoms with Gasteiger partial charge in [0.2, 0.25) is 5.89 Å². The molecule has 0 aliphatic carbocycles. The van der Waals surface area contributed by atoms with Gasteiger partial charge in [-0.15, -0.1) is 11.6 Å². The van der Waals surface area contributed by atoms with Crippen LogP contribution in [0.1, 0.15) is 5.89 Å². The molecule has 1 heterocycles. The molecule has 5 rings (SSSR count). The summed E-state index contributed by atoms with van der Waals surface area (Å²) in [6.45, 7) is 0. The summed E-state index contributed by atoms with van der Waals surface area (Å²) in [7, 11) is -0.446. The summed E-state index contributed by atoms with van der Waals surface area (Å²) in [6, 6.07) is 39.9. The van der Waals surface area contributed by atoms with Gasteiger partial charge in [-0.25, -0.2) is 4.98 Å². The zero-order valence-corrected chi connectivity index (χ0v) is 18.0. The molecule has 0 amide bonds. The van der Waals surface area contributed by atoms with Crippen molar-refractivity contribution in [1.82, 2.24) is 4.98 Å². The molecule has 4 aromatic carbocycles. The minimum atomic E-state index is -0.446. The third kappa shape index (κ3) is 4.97. The molecule has 0 saturated carbocycles. The van der Waals surface area contributed by atoms with Gasteiger partial charge in [-0.05, 0) is 36.0 Å². The van der Waals surface area contributed by atoms with Crippen LogP contribution in [0.2, 0.25) is 0 Å². The van der Waals surface area contributed by atoms with Gasteiger partial charge in [0.05, 0.1) is 5.88 Å². The van der Waals surface area contributed by atoms with Crippen molar-refractivity contribution in [2.75, 3.05) is 0 Å². The van der Waals surface area contributed by atoms with E-state index in [2.05, 4.69) is 96.0 Å². The SMILES string of the molecule is ClCc1nc2ccccc2o1.c1ccc(P(c2ccccc2)c2ccccc2)cc1. The summed E-state index contributed by atoms with van der Waals surface area (Å²) in [4.78, 5) is 4.13. The quantitative estimate of drug-likeness (QED) is 0.258. The van der Waals surface area contributed by atoms with Crippen LogP contribution >= 0.6 is 19.5 Å². The van der Waals surface area contributed by atoms with Crippen LogP contribution in [0.3, 0.4) is 0 Å². The van der Waals surface area contributed by atoms with E-state index < -0.39 is 7.92 Å². The topological polar surface area (TPSA) is 26.0 Å². The predicted octanol–water partition coefficient (Wildman–Crippen LogP) is 6.01. The number of hydrogen-bond acceptors (Lipinski definition) is 2. The number of oxazole rings is 1. The minimum absolute atomic E-state index is 0.328. The highest BCUT2D eigenvalue weighted by molar-refractivity contribution is 7.79. The van der Waals surface area contributed by atoms with Crippen LogP contribution in [-0.4, -0.2) is 4.98 Å². The van der Waals surface area contributed by atoms with Crippen molar-refractivity contribution in [3.63, 3.8) is 0 Å². The van der Waals surface area contributed by atoms with Gasteiger partial charge < -0.3 is 4.42 Å². The summed E-state index contributed by atoms with van der Waals surface area (Å²) >= 11 is 5.54. The molecule has 0 bridgehead atoms. The Morgan fingerprint density at radius 1 is 0.600 bits per heavy atom. The summed E-state index contributed by atoms with van der Waals surface area (Å²) < 4.78 is 5.27. The van der Waals surface area contributed by atoms with Crippen LogP contribution in [0.5, 0.6) is 0 Å². The second-order valence-corrected chi connectivity index (χ2v) is 9.04. The molecule has 0 atom stereocenters. The molecule has 30 heavy (non-hydrogen) atoms. The second-order valence-electron chi connectivity index (χ2n) is 6.55. The van der Waals surface area contributed by atoms with Crippen molar-refractivity contribution in [2.24, 2.45) is 0 Å². The van der Waals surface area contributed by atoms with Gasteiger partial charge in [0.25, 0.3) is 0 Å². The lowest BCUT2D eigenvalue weighted by molar-refractivity contribution is 0.555. The highest BCUT2D eigenvalue weighted by Crippen LogP contribution is 2.32. The monoisotopic (exact) mass is 429 g/mol. The Balaban J connectivity index is 0.000000168. The van der Waals surface area contributed by atoms with Gasteiger partial charge in [0, 0.05) is 0 Å². The zero-order valence-electron chi connectivity index (χ0n) is 16.4. The van der Waals surface area contributed by atoms with Crippen LogP contribution in [0.4, 0.5) is 0 Å². The van der Waals surface area contributed by atoms with Crippen molar-refractivity contribution in [1.29, 1.82) is 0 Å². The molecule has 0 aliphatic rings. The lowest BCUT2D eigenvalue weighted by Gasteiger charge is -2.18. The average molecular weight is 430 g/mol. The third-order valence-electron chi connectivity index (χ3n) is 4.50. The molecule has 2 nitrogen and oxygen atoms in total. The maximum absolute atomic E-state index is 5.54. The highest BCUT2D eigenvalue weighted by Gasteiger charge is 2.14. The van der Waals surface area contributed by atoms with Gasteiger partial charge in [-0.2, -0.15) is 0 Å². The number of rotatable bonds is 4. The number of alkyl halides is 1. The number of aromatic nitrogens is 1. The molecule has 0 saturated heterocycles. The highest BCUT2D eigenvalue weighted by atomic mass is 35.5. The Kier molecular flexibility index (Phi) is 6.92. The lowest BCUT2D eigenvalue weighted by atomic mass is 10.3. The van der Waals surface area contributed by atoms with E-state index in [1.165, 1.54) is 15.9 Å². The zero-order chi connectivity index (χ0) is 20.6.